The molecule has 2 aromatic rings. The molecule has 0 aliphatic carbocycles. The fraction of sp³-hybridized carbons (Fsp3) is 0.520. The quantitative estimate of drug-likeness (QED) is 0.537. The highest BCUT2D eigenvalue weighted by atomic mass is 16.7. The molecular formula is C25H34N2O5. The Hall–Kier alpha value is -2.32. The van der Waals surface area contributed by atoms with Crippen LogP contribution in [0.3, 0.4) is 0 Å². The van der Waals surface area contributed by atoms with E-state index in [0.29, 0.717) is 33.2 Å². The van der Waals surface area contributed by atoms with Crippen molar-refractivity contribution in [3.63, 3.8) is 0 Å². The minimum atomic E-state index is -0.487. The Balaban J connectivity index is 1.07. The maximum atomic E-state index is 10.3. The third-order valence-electron chi connectivity index (χ3n) is 5.92. The van der Waals surface area contributed by atoms with Crippen LogP contribution in [0.25, 0.3) is 0 Å². The predicted molar refractivity (Wildman–Crippen MR) is 122 cm³/mol. The minimum Gasteiger partial charge on any atom is -0.491 e. The van der Waals surface area contributed by atoms with Crippen LogP contribution in [-0.4, -0.2) is 80.3 Å². The van der Waals surface area contributed by atoms with Gasteiger partial charge in [-0.2, -0.15) is 0 Å². The van der Waals surface area contributed by atoms with E-state index >= 15 is 0 Å². The number of hydrogen-bond acceptors (Lipinski definition) is 7. The molecule has 2 aromatic carbocycles. The maximum absolute atomic E-state index is 10.3. The smallest absolute Gasteiger partial charge is 0.231 e. The molecule has 1 N–H and O–H groups in total. The van der Waals surface area contributed by atoms with E-state index < -0.39 is 6.10 Å². The summed E-state index contributed by atoms with van der Waals surface area (Å²) in [5, 5.41) is 10.3. The number of aliphatic hydroxyl groups excluding tert-OH is 1. The molecule has 4 rings (SSSR count). The summed E-state index contributed by atoms with van der Waals surface area (Å²) < 4.78 is 22.1. The average molecular weight is 443 g/mol. The molecule has 0 amide bonds. The lowest BCUT2D eigenvalue weighted by Crippen LogP contribution is -2.48. The summed E-state index contributed by atoms with van der Waals surface area (Å²) in [4.78, 5) is 4.73. The van der Waals surface area contributed by atoms with Crippen molar-refractivity contribution >= 4 is 0 Å². The molecule has 0 bridgehead atoms. The minimum absolute atomic E-state index is 0.309. The lowest BCUT2D eigenvalue weighted by molar-refractivity contribution is -0.000439. The topological polar surface area (TPSA) is 63.6 Å². The first-order chi connectivity index (χ1) is 15.7. The van der Waals surface area contributed by atoms with Gasteiger partial charge >= 0.3 is 0 Å². The Kier molecular flexibility index (Phi) is 8.23. The average Bonchev–Trinajstić information content (AvgIpc) is 3.28. The van der Waals surface area contributed by atoms with Crippen molar-refractivity contribution in [1.82, 2.24) is 9.80 Å². The molecule has 7 heteroatoms. The molecule has 2 heterocycles. The Labute approximate surface area is 190 Å². The van der Waals surface area contributed by atoms with Gasteiger partial charge in [-0.05, 0) is 41.8 Å². The first-order valence-corrected chi connectivity index (χ1v) is 11.5. The van der Waals surface area contributed by atoms with Crippen molar-refractivity contribution < 1.29 is 24.1 Å². The molecule has 0 unspecified atom stereocenters. The third-order valence-corrected chi connectivity index (χ3v) is 5.92. The molecule has 2 aliphatic rings. The van der Waals surface area contributed by atoms with Crippen LogP contribution in [0.15, 0.2) is 42.5 Å². The lowest BCUT2D eigenvalue weighted by Gasteiger charge is -2.35. The number of fused-ring (bicyclic) bond motifs is 1. The number of hydrogen-bond donors (Lipinski definition) is 1. The monoisotopic (exact) mass is 442 g/mol. The van der Waals surface area contributed by atoms with Gasteiger partial charge in [-0.15, -0.1) is 0 Å². The van der Waals surface area contributed by atoms with E-state index in [1.54, 1.807) is 0 Å². The van der Waals surface area contributed by atoms with Crippen LogP contribution in [0.2, 0.25) is 0 Å². The molecule has 1 saturated heterocycles. The zero-order valence-electron chi connectivity index (χ0n) is 18.9. The summed E-state index contributed by atoms with van der Waals surface area (Å²) in [7, 11) is 0. The van der Waals surface area contributed by atoms with Gasteiger partial charge in [0.05, 0.1) is 19.3 Å². The van der Waals surface area contributed by atoms with E-state index in [4.69, 9.17) is 18.9 Å². The number of aliphatic hydroxyl groups is 1. The number of β-amino-alcohol motifs (C(OH)–C–C–N with tert-alkyl or cyclic N) is 1. The van der Waals surface area contributed by atoms with Crippen LogP contribution < -0.4 is 14.2 Å². The largest absolute Gasteiger partial charge is 0.491 e. The summed E-state index contributed by atoms with van der Waals surface area (Å²) in [5.41, 5.74) is 2.53. The third kappa shape index (κ3) is 6.59. The molecule has 1 fully saturated rings. The summed E-state index contributed by atoms with van der Waals surface area (Å²) in [6, 6.07) is 14.3. The van der Waals surface area contributed by atoms with E-state index in [1.165, 1.54) is 11.1 Å². The van der Waals surface area contributed by atoms with Gasteiger partial charge in [-0.25, -0.2) is 0 Å². The van der Waals surface area contributed by atoms with E-state index in [-0.39, 0.29) is 0 Å². The number of piperazine rings is 1. The van der Waals surface area contributed by atoms with Gasteiger partial charge in [0.25, 0.3) is 0 Å². The van der Waals surface area contributed by atoms with Crippen molar-refractivity contribution in [2.45, 2.75) is 26.0 Å². The molecular weight excluding hydrogens is 408 g/mol. The van der Waals surface area contributed by atoms with Gasteiger partial charge in [0.15, 0.2) is 11.5 Å². The van der Waals surface area contributed by atoms with Crippen LogP contribution in [-0.2, 0) is 17.7 Å². The molecule has 1 atom stereocenters. The molecule has 7 nitrogen and oxygen atoms in total. The van der Waals surface area contributed by atoms with Crippen LogP contribution in [0.5, 0.6) is 17.2 Å². The van der Waals surface area contributed by atoms with Gasteiger partial charge in [0.1, 0.15) is 12.4 Å². The van der Waals surface area contributed by atoms with E-state index in [0.717, 1.165) is 56.4 Å². The number of rotatable bonds is 11. The second-order valence-corrected chi connectivity index (χ2v) is 8.34. The van der Waals surface area contributed by atoms with Crippen LogP contribution in [0.1, 0.15) is 18.1 Å². The first-order valence-electron chi connectivity index (χ1n) is 11.5. The van der Waals surface area contributed by atoms with Gasteiger partial charge in [-0.3, -0.25) is 9.80 Å². The van der Waals surface area contributed by atoms with Gasteiger partial charge in [0, 0.05) is 39.3 Å². The van der Waals surface area contributed by atoms with Gasteiger partial charge in [-0.1, -0.05) is 25.1 Å². The summed E-state index contributed by atoms with van der Waals surface area (Å²) in [6.45, 7) is 9.10. The number of ether oxygens (including phenoxy) is 4. The van der Waals surface area contributed by atoms with Gasteiger partial charge < -0.3 is 24.1 Å². The molecule has 0 aromatic heterocycles. The Morgan fingerprint density at radius 3 is 2.41 bits per heavy atom. The van der Waals surface area contributed by atoms with Gasteiger partial charge in [0.2, 0.25) is 6.79 Å². The second-order valence-electron chi connectivity index (χ2n) is 8.34. The number of benzene rings is 2. The van der Waals surface area contributed by atoms with Crippen molar-refractivity contribution in [3.8, 4) is 17.2 Å². The SMILES string of the molecule is CCc1ccc(OCCOC[C@H](O)CN2CCN(Cc3ccc4c(c3)OCO4)CC2)cc1. The lowest BCUT2D eigenvalue weighted by atomic mass is 10.1. The number of nitrogens with zero attached hydrogens (tertiary/aromatic N) is 2. The van der Waals surface area contributed by atoms with Crippen LogP contribution in [0.4, 0.5) is 0 Å². The Bertz CT molecular complexity index is 837. The standard InChI is InChI=1S/C25H34N2O5/c1-2-20-3-6-23(7-4-20)30-14-13-29-18-22(28)17-27-11-9-26(10-12-27)16-21-5-8-24-25(15-21)32-19-31-24/h3-8,15,22,28H,2,9-14,16-19H2,1H3/t22-/m1/s1. The highest BCUT2D eigenvalue weighted by Gasteiger charge is 2.20. The zero-order chi connectivity index (χ0) is 22.2. The van der Waals surface area contributed by atoms with Crippen LogP contribution >= 0.6 is 0 Å². The Morgan fingerprint density at radius 2 is 1.62 bits per heavy atom. The molecule has 174 valence electrons. The van der Waals surface area contributed by atoms with E-state index in [1.807, 2.05) is 18.2 Å². The highest BCUT2D eigenvalue weighted by molar-refractivity contribution is 5.44. The predicted octanol–water partition coefficient (Wildman–Crippen LogP) is 2.55. The Morgan fingerprint density at radius 1 is 0.906 bits per heavy atom. The zero-order valence-corrected chi connectivity index (χ0v) is 18.9. The molecule has 32 heavy (non-hydrogen) atoms. The van der Waals surface area contributed by atoms with Crippen molar-refractivity contribution in [1.29, 1.82) is 0 Å². The molecule has 0 saturated carbocycles. The van der Waals surface area contributed by atoms with E-state index in [9.17, 15) is 5.11 Å². The van der Waals surface area contributed by atoms with Crippen LogP contribution in [0, 0.1) is 0 Å². The molecule has 2 aliphatic heterocycles. The molecule has 0 radical (unpaired) electrons. The summed E-state index contributed by atoms with van der Waals surface area (Å²) in [6.07, 6.45) is 0.537. The fourth-order valence-electron chi connectivity index (χ4n) is 4.04. The number of aryl methyl sites for hydroxylation is 1. The highest BCUT2D eigenvalue weighted by Crippen LogP contribution is 2.32. The summed E-state index contributed by atoms with van der Waals surface area (Å²) >= 11 is 0. The summed E-state index contributed by atoms with van der Waals surface area (Å²) in [5.74, 6) is 2.51. The normalized spacial score (nSPS) is 17.4. The maximum Gasteiger partial charge on any atom is 0.231 e. The van der Waals surface area contributed by atoms with Crippen molar-refractivity contribution in [2.75, 3.05) is 59.3 Å². The van der Waals surface area contributed by atoms with Crippen molar-refractivity contribution in [3.05, 3.63) is 53.6 Å². The fourth-order valence-corrected chi connectivity index (χ4v) is 4.04. The first kappa shape index (κ1) is 22.9. The van der Waals surface area contributed by atoms with E-state index in [2.05, 4.69) is 41.0 Å². The molecule has 0 spiro atoms. The second kappa shape index (κ2) is 11.5. The van der Waals surface area contributed by atoms with Crippen molar-refractivity contribution in [2.24, 2.45) is 0 Å².